The Morgan fingerprint density at radius 1 is 0.921 bits per heavy atom. The largest absolute Gasteiger partial charge is 0.322 e. The zero-order valence-corrected chi connectivity index (χ0v) is 23.5. The van der Waals surface area contributed by atoms with Crippen molar-refractivity contribution in [1.82, 2.24) is 9.78 Å². The summed E-state index contributed by atoms with van der Waals surface area (Å²) >= 11 is 12.3. The van der Waals surface area contributed by atoms with Gasteiger partial charge in [-0.1, -0.05) is 68.2 Å². The number of carbonyl (C=O) groups is 2. The van der Waals surface area contributed by atoms with Crippen LogP contribution in [-0.2, 0) is 10.2 Å². The van der Waals surface area contributed by atoms with Crippen LogP contribution in [0.5, 0.6) is 0 Å². The van der Waals surface area contributed by atoms with Gasteiger partial charge in [-0.05, 0) is 61.0 Å². The molecule has 0 bridgehead atoms. The molecular formula is C30H30Cl2N4O2. The van der Waals surface area contributed by atoms with Crippen molar-refractivity contribution in [3.63, 3.8) is 0 Å². The number of likely N-dealkylation sites (N-methyl/N-ethyl adjacent to an activating group) is 1. The lowest BCUT2D eigenvalue weighted by atomic mass is 9.92. The van der Waals surface area contributed by atoms with Crippen LogP contribution in [0.25, 0.3) is 5.69 Å². The number of hydrogen-bond donors (Lipinski definition) is 1. The Morgan fingerprint density at radius 3 is 2.16 bits per heavy atom. The van der Waals surface area contributed by atoms with Crippen LogP contribution in [-0.4, -0.2) is 28.6 Å². The number of rotatable bonds is 6. The summed E-state index contributed by atoms with van der Waals surface area (Å²) in [6.45, 7) is 8.09. The van der Waals surface area contributed by atoms with Crippen LogP contribution in [0, 0.1) is 0 Å². The highest BCUT2D eigenvalue weighted by molar-refractivity contribution is 6.31. The van der Waals surface area contributed by atoms with Crippen LogP contribution in [0.2, 0.25) is 10.0 Å². The lowest BCUT2D eigenvalue weighted by molar-refractivity contribution is -0.119. The first kappa shape index (κ1) is 27.4. The molecule has 0 aliphatic heterocycles. The van der Waals surface area contributed by atoms with E-state index in [0.29, 0.717) is 27.1 Å². The molecule has 196 valence electrons. The highest BCUT2D eigenvalue weighted by Gasteiger charge is 2.27. The summed E-state index contributed by atoms with van der Waals surface area (Å²) in [5.74, 6) is -0.169. The molecule has 4 aromatic rings. The predicted octanol–water partition coefficient (Wildman–Crippen LogP) is 7.50. The normalized spacial score (nSPS) is 12.2. The Balaban J connectivity index is 1.56. The van der Waals surface area contributed by atoms with E-state index in [0.717, 1.165) is 16.9 Å². The van der Waals surface area contributed by atoms with Gasteiger partial charge < -0.3 is 5.32 Å². The zero-order valence-electron chi connectivity index (χ0n) is 22.0. The van der Waals surface area contributed by atoms with Crippen LogP contribution < -0.4 is 10.2 Å². The van der Waals surface area contributed by atoms with Gasteiger partial charge in [0.15, 0.2) is 0 Å². The first-order chi connectivity index (χ1) is 17.9. The van der Waals surface area contributed by atoms with Crippen molar-refractivity contribution in [2.75, 3.05) is 17.3 Å². The molecule has 0 saturated carbocycles. The fourth-order valence-electron chi connectivity index (χ4n) is 4.01. The van der Waals surface area contributed by atoms with Crippen molar-refractivity contribution in [1.29, 1.82) is 0 Å². The molecule has 6 nitrogen and oxygen atoms in total. The number of amides is 2. The average Bonchev–Trinajstić information content (AvgIpc) is 3.34. The van der Waals surface area contributed by atoms with Crippen LogP contribution in [0.15, 0.2) is 78.9 Å². The zero-order chi connectivity index (χ0) is 27.6. The van der Waals surface area contributed by atoms with Gasteiger partial charge in [0.25, 0.3) is 5.91 Å². The summed E-state index contributed by atoms with van der Waals surface area (Å²) in [6.07, 6.45) is 0. The van der Waals surface area contributed by atoms with Gasteiger partial charge in [-0.3, -0.25) is 14.5 Å². The van der Waals surface area contributed by atoms with Gasteiger partial charge in [0.05, 0.1) is 17.3 Å². The smallest absolute Gasteiger partial charge is 0.255 e. The third kappa shape index (κ3) is 6.09. The van der Waals surface area contributed by atoms with Gasteiger partial charge in [0, 0.05) is 39.8 Å². The number of carbonyl (C=O) groups excluding carboxylic acids is 2. The van der Waals surface area contributed by atoms with E-state index in [1.165, 1.54) is 0 Å². The van der Waals surface area contributed by atoms with Crippen LogP contribution in [0.4, 0.5) is 11.5 Å². The Kier molecular flexibility index (Phi) is 7.95. The molecule has 0 spiro atoms. The fraction of sp³-hybridized carbons (Fsp3) is 0.233. The highest BCUT2D eigenvalue weighted by Crippen LogP contribution is 2.30. The molecule has 38 heavy (non-hydrogen) atoms. The second kappa shape index (κ2) is 11.0. The Hall–Kier alpha value is -3.61. The van der Waals surface area contributed by atoms with Crippen molar-refractivity contribution >= 4 is 46.5 Å². The van der Waals surface area contributed by atoms with Crippen molar-refractivity contribution in [2.24, 2.45) is 0 Å². The highest BCUT2D eigenvalue weighted by atomic mass is 35.5. The molecule has 1 atom stereocenters. The summed E-state index contributed by atoms with van der Waals surface area (Å²) in [6, 6.07) is 23.3. The fourth-order valence-corrected chi connectivity index (χ4v) is 4.39. The average molecular weight is 550 g/mol. The molecule has 8 heteroatoms. The first-order valence-corrected chi connectivity index (χ1v) is 13.0. The van der Waals surface area contributed by atoms with Gasteiger partial charge in [0.1, 0.15) is 5.82 Å². The molecule has 1 aromatic heterocycles. The van der Waals surface area contributed by atoms with Crippen molar-refractivity contribution in [3.8, 4) is 5.69 Å². The molecule has 1 N–H and O–H groups in total. The van der Waals surface area contributed by atoms with E-state index >= 15 is 0 Å². The molecule has 0 saturated heterocycles. The summed E-state index contributed by atoms with van der Waals surface area (Å²) in [4.78, 5) is 27.9. The second-order valence-corrected chi connectivity index (χ2v) is 11.1. The van der Waals surface area contributed by atoms with E-state index in [4.69, 9.17) is 28.3 Å². The number of anilines is 2. The topological polar surface area (TPSA) is 67.2 Å². The van der Waals surface area contributed by atoms with E-state index in [1.807, 2.05) is 31.2 Å². The third-order valence-corrected chi connectivity index (χ3v) is 6.78. The van der Waals surface area contributed by atoms with E-state index in [9.17, 15) is 9.59 Å². The van der Waals surface area contributed by atoms with E-state index in [-0.39, 0.29) is 17.2 Å². The minimum Gasteiger partial charge on any atom is -0.322 e. The standard InChI is InChI=1S/C30H30Cl2N4O2/c1-19(20-12-14-21(15-13-20)28(37)33-24-10-6-8-22(31)16-24)29(38)35(5)27-18-26(30(2,3)4)34-36(27)25-11-7-9-23(32)17-25/h6-19H,1-5H3,(H,33,37). The molecule has 2 amide bonds. The van der Waals surface area contributed by atoms with Gasteiger partial charge in [-0.2, -0.15) is 5.10 Å². The molecule has 0 aliphatic rings. The van der Waals surface area contributed by atoms with Crippen molar-refractivity contribution in [3.05, 3.63) is 106 Å². The van der Waals surface area contributed by atoms with Gasteiger partial charge in [0.2, 0.25) is 5.91 Å². The van der Waals surface area contributed by atoms with E-state index < -0.39 is 5.92 Å². The molecule has 4 rings (SSSR count). The molecule has 0 radical (unpaired) electrons. The Bertz CT molecular complexity index is 1470. The molecule has 1 unspecified atom stereocenters. The monoisotopic (exact) mass is 548 g/mol. The van der Waals surface area contributed by atoms with Crippen molar-refractivity contribution < 1.29 is 9.59 Å². The number of benzene rings is 3. The molecule has 3 aromatic carbocycles. The first-order valence-electron chi connectivity index (χ1n) is 12.2. The second-order valence-electron chi connectivity index (χ2n) is 10.2. The summed E-state index contributed by atoms with van der Waals surface area (Å²) in [5.41, 5.74) is 3.31. The summed E-state index contributed by atoms with van der Waals surface area (Å²) < 4.78 is 1.75. The lowest BCUT2D eigenvalue weighted by Gasteiger charge is -2.22. The van der Waals surface area contributed by atoms with Gasteiger partial charge in [-0.25, -0.2) is 4.68 Å². The SMILES string of the molecule is CC(C(=O)N(C)c1cc(C(C)(C)C)nn1-c1cccc(Cl)c1)c1ccc(C(=O)Nc2cccc(Cl)c2)cc1. The van der Waals surface area contributed by atoms with Crippen LogP contribution >= 0.6 is 23.2 Å². The maximum absolute atomic E-state index is 13.6. The third-order valence-electron chi connectivity index (χ3n) is 6.31. The number of nitrogens with one attached hydrogen (secondary N) is 1. The predicted molar refractivity (Wildman–Crippen MR) is 155 cm³/mol. The number of aromatic nitrogens is 2. The maximum atomic E-state index is 13.6. The van der Waals surface area contributed by atoms with Gasteiger partial charge in [-0.15, -0.1) is 0 Å². The molecule has 1 heterocycles. The maximum Gasteiger partial charge on any atom is 0.255 e. The molecule has 0 fully saturated rings. The number of halogens is 2. The number of nitrogens with zero attached hydrogens (tertiary/aromatic N) is 3. The minimum absolute atomic E-state index is 0.107. The lowest BCUT2D eigenvalue weighted by Crippen LogP contribution is -2.32. The van der Waals surface area contributed by atoms with Crippen LogP contribution in [0.3, 0.4) is 0 Å². The summed E-state index contributed by atoms with van der Waals surface area (Å²) in [5, 5.41) is 8.77. The van der Waals surface area contributed by atoms with Crippen molar-refractivity contribution in [2.45, 2.75) is 39.0 Å². The van der Waals surface area contributed by atoms with E-state index in [2.05, 4.69) is 26.1 Å². The number of hydrogen-bond acceptors (Lipinski definition) is 3. The Morgan fingerprint density at radius 2 is 1.55 bits per heavy atom. The quantitative estimate of drug-likeness (QED) is 0.271. The van der Waals surface area contributed by atoms with Gasteiger partial charge >= 0.3 is 0 Å². The molecular weight excluding hydrogens is 519 g/mol. The molecule has 0 aliphatic carbocycles. The minimum atomic E-state index is -0.453. The Labute approximate surface area is 233 Å². The van der Waals surface area contributed by atoms with Crippen LogP contribution in [0.1, 0.15) is 55.2 Å². The van der Waals surface area contributed by atoms with E-state index in [1.54, 1.807) is 71.2 Å². The summed E-state index contributed by atoms with van der Waals surface area (Å²) in [7, 11) is 1.75.